The van der Waals surface area contributed by atoms with Gasteiger partial charge in [0, 0.05) is 37.7 Å². The molecule has 0 aliphatic carbocycles. The van der Waals surface area contributed by atoms with Gasteiger partial charge in [-0.25, -0.2) is 13.4 Å². The largest absolute Gasteiger partial charge is 0.489 e. The van der Waals surface area contributed by atoms with Crippen LogP contribution in [0, 0.1) is 0 Å². The minimum absolute atomic E-state index is 0.0761. The van der Waals surface area contributed by atoms with Gasteiger partial charge in [-0.1, -0.05) is 54.6 Å². The number of nitrogens with zero attached hydrogens (tertiary/aromatic N) is 2. The summed E-state index contributed by atoms with van der Waals surface area (Å²) in [6, 6.07) is 29.5. The number of benzene rings is 3. The van der Waals surface area contributed by atoms with Crippen LogP contribution in [0.1, 0.15) is 11.1 Å². The standard InChI is InChI=1S/C29H28N2O4S/c1-36(32,33)29-15-12-25(17-30-29)24-10-13-26(14-11-24)35-28-19-31(20-28)18-23-8-5-9-27(16-23)34-21-22-6-3-2-4-7-22/h2-17,28H,18-21H2,1H3. The predicted molar refractivity (Wildman–Crippen MR) is 140 cm³/mol. The van der Waals surface area contributed by atoms with Crippen molar-refractivity contribution < 1.29 is 17.9 Å². The first-order valence-corrected chi connectivity index (χ1v) is 13.7. The van der Waals surface area contributed by atoms with E-state index in [4.69, 9.17) is 9.47 Å². The fourth-order valence-corrected chi connectivity index (χ4v) is 4.71. The molecule has 7 heteroatoms. The number of aromatic nitrogens is 1. The zero-order valence-electron chi connectivity index (χ0n) is 20.1. The molecule has 0 saturated carbocycles. The summed E-state index contributed by atoms with van der Waals surface area (Å²) < 4.78 is 35.3. The van der Waals surface area contributed by atoms with Gasteiger partial charge in [-0.05, 0) is 53.1 Å². The third kappa shape index (κ3) is 6.11. The monoisotopic (exact) mass is 500 g/mol. The molecule has 1 saturated heterocycles. The molecule has 1 aromatic heterocycles. The summed E-state index contributed by atoms with van der Waals surface area (Å²) in [7, 11) is -3.30. The lowest BCUT2D eigenvalue weighted by molar-refractivity contribution is 0.0145. The van der Waals surface area contributed by atoms with Crippen molar-refractivity contribution in [2.75, 3.05) is 19.3 Å². The van der Waals surface area contributed by atoms with Gasteiger partial charge in [0.15, 0.2) is 14.9 Å². The molecule has 2 heterocycles. The number of ether oxygens (including phenoxy) is 2. The molecule has 6 nitrogen and oxygen atoms in total. The zero-order valence-corrected chi connectivity index (χ0v) is 20.9. The van der Waals surface area contributed by atoms with E-state index < -0.39 is 9.84 Å². The van der Waals surface area contributed by atoms with E-state index in [1.807, 2.05) is 54.6 Å². The summed E-state index contributed by atoms with van der Waals surface area (Å²) in [6.45, 7) is 3.16. The van der Waals surface area contributed by atoms with E-state index in [-0.39, 0.29) is 11.1 Å². The summed E-state index contributed by atoms with van der Waals surface area (Å²) >= 11 is 0. The van der Waals surface area contributed by atoms with E-state index in [0.717, 1.165) is 54.1 Å². The Labute approximate surface area is 212 Å². The van der Waals surface area contributed by atoms with Gasteiger partial charge in [0.1, 0.15) is 24.2 Å². The van der Waals surface area contributed by atoms with E-state index in [1.54, 1.807) is 12.3 Å². The van der Waals surface area contributed by atoms with E-state index >= 15 is 0 Å². The minimum atomic E-state index is -3.30. The van der Waals surface area contributed by atoms with Gasteiger partial charge in [0.2, 0.25) is 0 Å². The van der Waals surface area contributed by atoms with Crippen molar-refractivity contribution in [1.82, 2.24) is 9.88 Å². The highest BCUT2D eigenvalue weighted by Crippen LogP contribution is 2.25. The highest BCUT2D eigenvalue weighted by Gasteiger charge is 2.28. The van der Waals surface area contributed by atoms with Crippen LogP contribution < -0.4 is 9.47 Å². The molecule has 0 unspecified atom stereocenters. The normalized spacial score (nSPS) is 14.2. The Morgan fingerprint density at radius 2 is 1.56 bits per heavy atom. The Balaban J connectivity index is 1.09. The first-order valence-electron chi connectivity index (χ1n) is 11.8. The van der Waals surface area contributed by atoms with E-state index in [1.165, 1.54) is 11.6 Å². The minimum Gasteiger partial charge on any atom is -0.489 e. The summed E-state index contributed by atoms with van der Waals surface area (Å²) in [5, 5.41) is 0.0761. The highest BCUT2D eigenvalue weighted by atomic mass is 32.2. The van der Waals surface area contributed by atoms with Crippen LogP contribution in [0.15, 0.2) is 102 Å². The number of pyridine rings is 1. The lowest BCUT2D eigenvalue weighted by Crippen LogP contribution is -2.53. The van der Waals surface area contributed by atoms with Crippen LogP contribution >= 0.6 is 0 Å². The molecule has 3 aromatic carbocycles. The van der Waals surface area contributed by atoms with Crippen molar-refractivity contribution in [2.24, 2.45) is 0 Å². The molecule has 184 valence electrons. The second kappa shape index (κ2) is 10.5. The molecule has 36 heavy (non-hydrogen) atoms. The lowest BCUT2D eigenvalue weighted by atomic mass is 10.1. The number of hydrogen-bond acceptors (Lipinski definition) is 6. The molecule has 0 radical (unpaired) electrons. The van der Waals surface area contributed by atoms with Gasteiger partial charge in [-0.15, -0.1) is 0 Å². The second-order valence-corrected chi connectivity index (χ2v) is 11.0. The fourth-order valence-electron chi connectivity index (χ4n) is 4.15. The van der Waals surface area contributed by atoms with Crippen molar-refractivity contribution in [3.05, 3.63) is 108 Å². The molecule has 1 aliphatic heterocycles. The molecule has 1 aliphatic rings. The lowest BCUT2D eigenvalue weighted by Gasteiger charge is -2.39. The Morgan fingerprint density at radius 1 is 0.833 bits per heavy atom. The van der Waals surface area contributed by atoms with Gasteiger partial charge in [0.05, 0.1) is 0 Å². The number of hydrogen-bond donors (Lipinski definition) is 0. The van der Waals surface area contributed by atoms with Crippen molar-refractivity contribution >= 4 is 9.84 Å². The maximum Gasteiger partial charge on any atom is 0.192 e. The Bertz CT molecular complexity index is 1400. The summed E-state index contributed by atoms with van der Waals surface area (Å²) in [6.07, 6.45) is 2.89. The van der Waals surface area contributed by atoms with Crippen LogP contribution in [0.25, 0.3) is 11.1 Å². The van der Waals surface area contributed by atoms with Crippen molar-refractivity contribution in [3.63, 3.8) is 0 Å². The van der Waals surface area contributed by atoms with Crippen molar-refractivity contribution in [2.45, 2.75) is 24.3 Å². The van der Waals surface area contributed by atoms with Crippen LogP contribution in [0.2, 0.25) is 0 Å². The van der Waals surface area contributed by atoms with Crippen molar-refractivity contribution in [3.8, 4) is 22.6 Å². The maximum atomic E-state index is 11.6. The number of sulfone groups is 1. The summed E-state index contributed by atoms with van der Waals surface area (Å²) in [4.78, 5) is 6.41. The Kier molecular flexibility index (Phi) is 7.02. The molecule has 4 aromatic rings. The molecule has 0 atom stereocenters. The zero-order chi connectivity index (χ0) is 25.0. The fraction of sp³-hybridized carbons (Fsp3) is 0.207. The smallest absolute Gasteiger partial charge is 0.192 e. The average molecular weight is 501 g/mol. The average Bonchev–Trinajstić information content (AvgIpc) is 2.87. The molecular formula is C29H28N2O4S. The second-order valence-electron chi connectivity index (χ2n) is 9.04. The molecule has 0 amide bonds. The van der Waals surface area contributed by atoms with E-state index in [9.17, 15) is 8.42 Å². The van der Waals surface area contributed by atoms with Gasteiger partial charge >= 0.3 is 0 Å². The molecule has 1 fully saturated rings. The van der Waals surface area contributed by atoms with Crippen LogP contribution in [-0.2, 0) is 23.0 Å². The molecule has 5 rings (SSSR count). The molecule has 0 spiro atoms. The summed E-state index contributed by atoms with van der Waals surface area (Å²) in [5.41, 5.74) is 4.19. The maximum absolute atomic E-state index is 11.6. The van der Waals surface area contributed by atoms with Crippen LogP contribution in [0.5, 0.6) is 11.5 Å². The topological polar surface area (TPSA) is 68.7 Å². The molecule has 0 bridgehead atoms. The first-order chi connectivity index (χ1) is 17.4. The van der Waals surface area contributed by atoms with Gasteiger partial charge in [0.25, 0.3) is 0 Å². The Hall–Kier alpha value is -3.68. The van der Waals surface area contributed by atoms with E-state index in [0.29, 0.717) is 6.61 Å². The van der Waals surface area contributed by atoms with Crippen molar-refractivity contribution in [1.29, 1.82) is 0 Å². The first kappa shape index (κ1) is 24.0. The number of likely N-dealkylation sites (tertiary alicyclic amines) is 1. The SMILES string of the molecule is CS(=O)(=O)c1ccc(-c2ccc(OC3CN(Cc4cccc(OCc5ccccc5)c4)C3)cc2)cn1. The van der Waals surface area contributed by atoms with Gasteiger partial charge in [-0.3, -0.25) is 4.90 Å². The highest BCUT2D eigenvalue weighted by molar-refractivity contribution is 7.90. The number of rotatable bonds is 9. The van der Waals surface area contributed by atoms with Crippen LogP contribution in [0.4, 0.5) is 0 Å². The van der Waals surface area contributed by atoms with Crippen LogP contribution in [0.3, 0.4) is 0 Å². The van der Waals surface area contributed by atoms with E-state index in [2.05, 4.69) is 34.1 Å². The third-order valence-corrected chi connectivity index (χ3v) is 7.08. The Morgan fingerprint density at radius 3 is 2.25 bits per heavy atom. The third-order valence-electron chi connectivity index (χ3n) is 6.08. The van der Waals surface area contributed by atoms with Gasteiger partial charge in [-0.2, -0.15) is 0 Å². The van der Waals surface area contributed by atoms with Crippen LogP contribution in [-0.4, -0.2) is 43.8 Å². The quantitative estimate of drug-likeness (QED) is 0.322. The van der Waals surface area contributed by atoms with Gasteiger partial charge < -0.3 is 9.47 Å². The predicted octanol–water partition coefficient (Wildman–Crippen LogP) is 4.99. The summed E-state index contributed by atoms with van der Waals surface area (Å²) in [5.74, 6) is 1.70. The molecule has 0 N–H and O–H groups in total. The molecular weight excluding hydrogens is 472 g/mol.